The molecule has 3 N–H and O–H groups in total. The number of hydrogen-bond acceptors (Lipinski definition) is 5. The maximum absolute atomic E-state index is 12.4. The summed E-state index contributed by atoms with van der Waals surface area (Å²) >= 11 is 0. The number of nitrogens with two attached hydrogens (primary N) is 1. The molecule has 0 spiro atoms. The van der Waals surface area contributed by atoms with E-state index in [1.54, 1.807) is 0 Å². The Kier molecular flexibility index (Phi) is 7.86. The van der Waals surface area contributed by atoms with Gasteiger partial charge in [-0.05, 0) is 70.5 Å². The van der Waals surface area contributed by atoms with Gasteiger partial charge >= 0.3 is 6.09 Å². The summed E-state index contributed by atoms with van der Waals surface area (Å²) in [5.41, 5.74) is 11.3. The number of ether oxygens (including phenoxy) is 2. The number of nitrogens with zero attached hydrogens (tertiary/aromatic N) is 2. The number of fused-ring (bicyclic) bond motifs is 1. The summed E-state index contributed by atoms with van der Waals surface area (Å²) in [7, 11) is 0. The number of carbonyl (C=O) groups is 1. The lowest BCUT2D eigenvalue weighted by Crippen LogP contribution is -2.34. The highest BCUT2D eigenvalue weighted by molar-refractivity contribution is 6.01. The maximum Gasteiger partial charge on any atom is 0.411 e. The van der Waals surface area contributed by atoms with Crippen LogP contribution in [-0.4, -0.2) is 47.9 Å². The van der Waals surface area contributed by atoms with E-state index in [0.717, 1.165) is 66.1 Å². The van der Waals surface area contributed by atoms with Gasteiger partial charge in [-0.2, -0.15) is 0 Å². The molecule has 1 unspecified atom stereocenters. The summed E-state index contributed by atoms with van der Waals surface area (Å²) < 4.78 is 13.7. The molecule has 7 heteroatoms. The van der Waals surface area contributed by atoms with Gasteiger partial charge in [-0.25, -0.2) is 4.79 Å². The Balaban J connectivity index is 1.55. The SMILES string of the molecule is CCOc1ccc2c(N)c(-c3ccc(NC(=O)OC(C)CN(CC)CC)cc3)n(C3CCC3)c2c1. The van der Waals surface area contributed by atoms with Crippen molar-refractivity contribution in [1.29, 1.82) is 0 Å². The standard InChI is InChI=1S/C28H38N4O3/c1-5-31(6-2)18-19(4)35-28(33)30-21-13-11-20(12-14-21)27-26(29)24-16-15-23(34-7-3)17-25(24)32(27)22-9-8-10-22/h11-17,19,22H,5-10,18,29H2,1-4H3,(H,30,33). The number of aromatic nitrogens is 1. The zero-order chi connectivity index (χ0) is 24.9. The van der Waals surface area contributed by atoms with Gasteiger partial charge in [-0.15, -0.1) is 0 Å². The minimum atomic E-state index is -0.441. The second-order valence-corrected chi connectivity index (χ2v) is 9.23. The van der Waals surface area contributed by atoms with Gasteiger partial charge in [0.25, 0.3) is 0 Å². The van der Waals surface area contributed by atoms with Gasteiger partial charge in [0.05, 0.1) is 23.5 Å². The minimum absolute atomic E-state index is 0.186. The molecule has 1 saturated carbocycles. The number of benzene rings is 2. The van der Waals surface area contributed by atoms with Gasteiger partial charge in [0, 0.05) is 35.3 Å². The van der Waals surface area contributed by atoms with Crippen LogP contribution >= 0.6 is 0 Å². The van der Waals surface area contributed by atoms with E-state index in [-0.39, 0.29) is 6.10 Å². The lowest BCUT2D eigenvalue weighted by molar-refractivity contribution is 0.0929. The van der Waals surface area contributed by atoms with E-state index in [1.165, 1.54) is 6.42 Å². The van der Waals surface area contributed by atoms with Gasteiger partial charge in [-0.1, -0.05) is 26.0 Å². The van der Waals surface area contributed by atoms with E-state index < -0.39 is 6.09 Å². The van der Waals surface area contributed by atoms with Crippen LogP contribution in [0.3, 0.4) is 0 Å². The summed E-state index contributed by atoms with van der Waals surface area (Å²) in [6, 6.07) is 14.4. The molecule has 0 aliphatic heterocycles. The third-order valence-corrected chi connectivity index (χ3v) is 6.89. The largest absolute Gasteiger partial charge is 0.494 e. The number of nitrogens with one attached hydrogen (secondary N) is 1. The molecule has 1 aliphatic rings. The number of hydrogen-bond donors (Lipinski definition) is 2. The summed E-state index contributed by atoms with van der Waals surface area (Å²) in [5.74, 6) is 0.859. The highest BCUT2D eigenvalue weighted by Gasteiger charge is 2.27. The normalized spacial score (nSPS) is 14.7. The molecule has 1 amide bonds. The van der Waals surface area contributed by atoms with Crippen molar-refractivity contribution in [3.05, 3.63) is 42.5 Å². The summed E-state index contributed by atoms with van der Waals surface area (Å²) in [6.45, 7) is 11.3. The fraction of sp³-hybridized carbons (Fsp3) is 0.464. The van der Waals surface area contributed by atoms with Gasteiger partial charge in [0.15, 0.2) is 0 Å². The third-order valence-electron chi connectivity index (χ3n) is 6.89. The molecule has 1 atom stereocenters. The van der Waals surface area contributed by atoms with E-state index in [0.29, 0.717) is 18.3 Å². The Bertz CT molecular complexity index is 1150. The molecule has 35 heavy (non-hydrogen) atoms. The van der Waals surface area contributed by atoms with Crippen LogP contribution in [0.1, 0.15) is 53.0 Å². The quantitative estimate of drug-likeness (QED) is 0.358. The zero-order valence-corrected chi connectivity index (χ0v) is 21.3. The Hall–Kier alpha value is -3.19. The number of anilines is 2. The van der Waals surface area contributed by atoms with Crippen molar-refractivity contribution in [2.75, 3.05) is 37.3 Å². The summed E-state index contributed by atoms with van der Waals surface area (Å²) in [5, 5.41) is 3.89. The number of carbonyl (C=O) groups excluding carboxylic acids is 1. The second kappa shape index (κ2) is 11.0. The first-order valence-corrected chi connectivity index (χ1v) is 12.8. The molecule has 188 valence electrons. The van der Waals surface area contributed by atoms with E-state index in [4.69, 9.17) is 15.2 Å². The number of amides is 1. The van der Waals surface area contributed by atoms with Gasteiger partial charge in [0.2, 0.25) is 0 Å². The monoisotopic (exact) mass is 478 g/mol. The van der Waals surface area contributed by atoms with Crippen LogP contribution in [0, 0.1) is 0 Å². The van der Waals surface area contributed by atoms with Crippen molar-refractivity contribution >= 4 is 28.4 Å². The summed E-state index contributed by atoms with van der Waals surface area (Å²) in [4.78, 5) is 14.6. The van der Waals surface area contributed by atoms with Crippen molar-refractivity contribution in [1.82, 2.24) is 9.47 Å². The average Bonchev–Trinajstić information content (AvgIpc) is 3.08. The van der Waals surface area contributed by atoms with Crippen molar-refractivity contribution in [2.45, 2.75) is 59.1 Å². The average molecular weight is 479 g/mol. The lowest BCUT2D eigenvalue weighted by Gasteiger charge is -2.30. The predicted octanol–water partition coefficient (Wildman–Crippen LogP) is 6.29. The number of rotatable bonds is 10. The zero-order valence-electron chi connectivity index (χ0n) is 21.3. The number of nitrogen functional groups attached to an aromatic ring is 1. The van der Waals surface area contributed by atoms with Crippen LogP contribution < -0.4 is 15.8 Å². The minimum Gasteiger partial charge on any atom is -0.494 e. The van der Waals surface area contributed by atoms with E-state index in [9.17, 15) is 4.79 Å². The fourth-order valence-electron chi connectivity index (χ4n) is 4.82. The molecule has 1 heterocycles. The molecule has 0 radical (unpaired) electrons. The molecule has 0 bridgehead atoms. The molecule has 1 fully saturated rings. The molecule has 3 aromatic rings. The smallest absolute Gasteiger partial charge is 0.411 e. The first-order chi connectivity index (χ1) is 16.9. The van der Waals surface area contributed by atoms with E-state index in [1.807, 2.05) is 44.2 Å². The Morgan fingerprint density at radius 3 is 2.46 bits per heavy atom. The summed E-state index contributed by atoms with van der Waals surface area (Å²) in [6.07, 6.45) is 2.89. The van der Waals surface area contributed by atoms with Crippen LogP contribution in [-0.2, 0) is 4.74 Å². The Morgan fingerprint density at radius 1 is 1.14 bits per heavy atom. The van der Waals surface area contributed by atoms with Crippen LogP contribution in [0.4, 0.5) is 16.2 Å². The second-order valence-electron chi connectivity index (χ2n) is 9.23. The lowest BCUT2D eigenvalue weighted by atomic mass is 9.92. The van der Waals surface area contributed by atoms with E-state index >= 15 is 0 Å². The van der Waals surface area contributed by atoms with E-state index in [2.05, 4.69) is 40.8 Å². The van der Waals surface area contributed by atoms with Crippen molar-refractivity contribution in [2.24, 2.45) is 0 Å². The first-order valence-electron chi connectivity index (χ1n) is 12.8. The molecule has 1 aliphatic carbocycles. The van der Waals surface area contributed by atoms with Crippen LogP contribution in [0.5, 0.6) is 5.75 Å². The van der Waals surface area contributed by atoms with Crippen molar-refractivity contribution in [3.8, 4) is 17.0 Å². The predicted molar refractivity (Wildman–Crippen MR) is 143 cm³/mol. The molecule has 7 nitrogen and oxygen atoms in total. The first kappa shape index (κ1) is 24.9. The Labute approximate surface area is 208 Å². The van der Waals surface area contributed by atoms with Crippen LogP contribution in [0.25, 0.3) is 22.2 Å². The van der Waals surface area contributed by atoms with Crippen molar-refractivity contribution < 1.29 is 14.3 Å². The molecular weight excluding hydrogens is 440 g/mol. The molecule has 0 saturated heterocycles. The molecule has 2 aromatic carbocycles. The van der Waals surface area contributed by atoms with Gasteiger partial charge in [-0.3, -0.25) is 5.32 Å². The molecule has 4 rings (SSSR count). The van der Waals surface area contributed by atoms with Gasteiger partial charge in [0.1, 0.15) is 11.9 Å². The van der Waals surface area contributed by atoms with Crippen molar-refractivity contribution in [3.63, 3.8) is 0 Å². The van der Waals surface area contributed by atoms with Crippen LogP contribution in [0.15, 0.2) is 42.5 Å². The number of likely N-dealkylation sites (N-methyl/N-ethyl adjacent to an activating group) is 1. The maximum atomic E-state index is 12.4. The van der Waals surface area contributed by atoms with Crippen LogP contribution in [0.2, 0.25) is 0 Å². The topological polar surface area (TPSA) is 81.8 Å². The third kappa shape index (κ3) is 5.40. The Morgan fingerprint density at radius 2 is 1.86 bits per heavy atom. The highest BCUT2D eigenvalue weighted by Crippen LogP contribution is 2.44. The molecular formula is C28H38N4O3. The fourth-order valence-corrected chi connectivity index (χ4v) is 4.82. The highest BCUT2D eigenvalue weighted by atomic mass is 16.6. The van der Waals surface area contributed by atoms with Gasteiger partial charge < -0.3 is 24.7 Å². The molecule has 1 aromatic heterocycles.